The number of aryl methyl sites for hydroxylation is 1. The Hall–Kier alpha value is -6.43. The molecule has 6 aromatic rings. The summed E-state index contributed by atoms with van der Waals surface area (Å²) < 4.78 is 83.5. The molecule has 2 aromatic heterocycles. The molecule has 0 aliphatic carbocycles. The summed E-state index contributed by atoms with van der Waals surface area (Å²) in [6.45, 7) is 0. The Bertz CT molecular complexity index is 2170. The first-order valence-corrected chi connectivity index (χ1v) is 16.9. The number of carbonyl (C=O) groups excluding carboxylic acids is 1. The second-order valence-electron chi connectivity index (χ2n) is 11.8. The third kappa shape index (κ3) is 17.6. The standard InChI is InChI=1S/C21H15F3N2O2.C16H13F3O3.C5H7N2.HI/c22-21(23,24)28-19-11-9-18(10-12-19)17-7-4-16(5-8-17)6-13-20(27)25-26-14-2-1-3-15-26;17-16(18,19)22-14-8-6-13(7-9-14)12-4-1-11(2-5-12)3-10-15(20)21;6-7-4-2-1-3-5-7;/h1-15H;1-2,4-9H,3,10H2,(H,20,21);1-5H,6H2;1H/q;;+1;/b13-6+;;;. The molecular weight excluding hydrogens is 881 g/mol. The highest BCUT2D eigenvalue weighted by Crippen LogP contribution is 2.28. The Morgan fingerprint density at radius 2 is 1.02 bits per heavy atom. The van der Waals surface area contributed by atoms with Crippen LogP contribution in [0.15, 0.2) is 164 Å². The maximum atomic E-state index is 12.2. The lowest BCUT2D eigenvalue weighted by molar-refractivity contribution is -0.642. The van der Waals surface area contributed by atoms with Crippen LogP contribution in [0.2, 0.25) is 0 Å². The number of halogens is 7. The number of benzene rings is 4. The number of ether oxygens (including phenoxy) is 2. The van der Waals surface area contributed by atoms with Crippen LogP contribution >= 0.6 is 0 Å². The van der Waals surface area contributed by atoms with Crippen LogP contribution in [0.1, 0.15) is 17.5 Å². The van der Waals surface area contributed by atoms with Gasteiger partial charge in [0.25, 0.3) is 5.91 Å². The van der Waals surface area contributed by atoms with E-state index in [1.807, 2.05) is 48.5 Å². The van der Waals surface area contributed by atoms with Crippen molar-refractivity contribution in [1.82, 2.24) is 0 Å². The van der Waals surface area contributed by atoms with E-state index < -0.39 is 18.7 Å². The first kappa shape index (κ1) is 46.0. The Kier molecular flexibility index (Phi) is 17.7. The van der Waals surface area contributed by atoms with Crippen molar-refractivity contribution in [3.05, 3.63) is 175 Å². The fourth-order valence-corrected chi connectivity index (χ4v) is 4.82. The van der Waals surface area contributed by atoms with Gasteiger partial charge in [0.2, 0.25) is 0 Å². The highest BCUT2D eigenvalue weighted by Gasteiger charge is 2.31. The smallest absolute Gasteiger partial charge is 0.573 e. The Morgan fingerprint density at radius 3 is 1.40 bits per heavy atom. The van der Waals surface area contributed by atoms with Gasteiger partial charge in [0.1, 0.15) is 11.5 Å². The molecule has 302 valence electrons. The average Bonchev–Trinajstić information content (AvgIpc) is 3.17. The van der Waals surface area contributed by atoms with E-state index in [1.54, 1.807) is 84.1 Å². The zero-order valence-electron chi connectivity index (χ0n) is 30.3. The molecular formula is C42H36F6IN4O5+. The van der Waals surface area contributed by atoms with E-state index in [1.165, 1.54) is 47.2 Å². The largest absolute Gasteiger partial charge is 1.00 e. The first-order chi connectivity index (χ1) is 27.1. The van der Waals surface area contributed by atoms with Gasteiger partial charge in [-0.1, -0.05) is 94.3 Å². The summed E-state index contributed by atoms with van der Waals surface area (Å²) in [6.07, 6.45) is 1.16. The zero-order chi connectivity index (χ0) is 41.3. The molecule has 0 aliphatic rings. The number of hydrogen-bond acceptors (Lipinski definition) is 5. The molecule has 0 spiro atoms. The summed E-state index contributed by atoms with van der Waals surface area (Å²) in [5.74, 6) is 3.61. The van der Waals surface area contributed by atoms with Gasteiger partial charge in [0.15, 0.2) is 24.8 Å². The van der Waals surface area contributed by atoms with Crippen LogP contribution in [-0.2, 0) is 16.0 Å². The molecule has 0 radical (unpaired) electrons. The summed E-state index contributed by atoms with van der Waals surface area (Å²) in [5.41, 5.74) is 7.54. The number of pyridine rings is 2. The number of nitrogens with two attached hydrogens (primary N) is 1. The van der Waals surface area contributed by atoms with E-state index in [0.717, 1.165) is 33.4 Å². The molecule has 0 fully saturated rings. The van der Waals surface area contributed by atoms with Gasteiger partial charge in [-0.15, -0.1) is 31.8 Å². The zero-order valence-corrected chi connectivity index (χ0v) is 32.4. The number of nitrogens with one attached hydrogen (secondary N) is 1. The van der Waals surface area contributed by atoms with Gasteiger partial charge in [0, 0.05) is 36.8 Å². The molecule has 4 N–H and O–H groups in total. The third-order valence-electron chi connectivity index (χ3n) is 7.46. The number of carboxylic acid groups (broad SMARTS) is 1. The van der Waals surface area contributed by atoms with Crippen molar-refractivity contribution in [2.24, 2.45) is 0 Å². The number of carbonyl (C=O) groups is 2. The molecule has 9 nitrogen and oxygen atoms in total. The highest BCUT2D eigenvalue weighted by molar-refractivity contribution is 5.96. The molecule has 0 aliphatic heterocycles. The minimum atomic E-state index is -4.71. The number of nitrogen functional groups attached to an aromatic ring is 1. The van der Waals surface area contributed by atoms with E-state index in [-0.39, 0.29) is 47.8 Å². The van der Waals surface area contributed by atoms with Crippen molar-refractivity contribution in [2.45, 2.75) is 25.6 Å². The predicted molar refractivity (Wildman–Crippen MR) is 200 cm³/mol. The van der Waals surface area contributed by atoms with Crippen LogP contribution in [-0.4, -0.2) is 29.7 Å². The van der Waals surface area contributed by atoms with Gasteiger partial charge in [-0.05, 0) is 70.1 Å². The lowest BCUT2D eigenvalue weighted by Crippen LogP contribution is -3.00. The van der Waals surface area contributed by atoms with E-state index in [4.69, 9.17) is 10.9 Å². The number of carboxylic acids is 1. The fourth-order valence-electron chi connectivity index (χ4n) is 4.82. The predicted octanol–water partition coefficient (Wildman–Crippen LogP) is 5.28. The number of amides is 1. The molecule has 58 heavy (non-hydrogen) atoms. The van der Waals surface area contributed by atoms with Crippen molar-refractivity contribution >= 4 is 18.0 Å². The summed E-state index contributed by atoms with van der Waals surface area (Å²) >= 11 is 0. The van der Waals surface area contributed by atoms with Crippen LogP contribution in [0.3, 0.4) is 0 Å². The monoisotopic (exact) mass is 917 g/mol. The molecule has 2 heterocycles. The summed E-state index contributed by atoms with van der Waals surface area (Å²) in [4.78, 5) is 22.4. The highest BCUT2D eigenvalue weighted by atomic mass is 127. The second-order valence-corrected chi connectivity index (χ2v) is 11.8. The molecule has 16 heteroatoms. The van der Waals surface area contributed by atoms with Gasteiger partial charge in [-0.25, -0.2) is 5.84 Å². The van der Waals surface area contributed by atoms with Crippen LogP contribution < -0.4 is 54.1 Å². The number of aromatic nitrogens is 2. The number of aliphatic carboxylic acids is 1. The average molecular weight is 918 g/mol. The van der Waals surface area contributed by atoms with Crippen molar-refractivity contribution in [3.63, 3.8) is 0 Å². The van der Waals surface area contributed by atoms with Crippen LogP contribution in [0.5, 0.6) is 11.5 Å². The molecule has 0 bridgehead atoms. The van der Waals surface area contributed by atoms with Gasteiger partial charge in [0.05, 0.1) is 0 Å². The summed E-state index contributed by atoms with van der Waals surface area (Å²) in [6, 6.07) is 36.8. The first-order valence-electron chi connectivity index (χ1n) is 16.9. The maximum Gasteiger partial charge on any atom is 0.573 e. The van der Waals surface area contributed by atoms with E-state index >= 15 is 0 Å². The van der Waals surface area contributed by atoms with Gasteiger partial charge < -0.3 is 38.6 Å². The van der Waals surface area contributed by atoms with Gasteiger partial charge in [-0.3, -0.25) is 9.59 Å². The molecule has 4 aromatic carbocycles. The third-order valence-corrected chi connectivity index (χ3v) is 7.46. The quantitative estimate of drug-likeness (QED) is 0.0567. The topological polar surface area (TPSA) is 119 Å². The summed E-state index contributed by atoms with van der Waals surface area (Å²) in [5, 5.41) is 8.62. The SMILES string of the molecule is N[n+]1ccccc1.O=C(/C=C/c1ccc(-c2ccc(OC(F)(F)F)cc2)cc1)N[n+]1ccccc1.O=C(O)CCc1ccc(-c2ccc(OC(F)(F)F)cc2)cc1.[I-]. The fraction of sp³-hybridized carbons (Fsp3) is 0.0952. The summed E-state index contributed by atoms with van der Waals surface area (Å²) in [7, 11) is 0. The van der Waals surface area contributed by atoms with Crippen LogP contribution in [0.4, 0.5) is 26.3 Å². The van der Waals surface area contributed by atoms with Gasteiger partial charge >= 0.3 is 18.7 Å². The number of rotatable bonds is 10. The molecule has 0 saturated heterocycles. The molecule has 0 saturated carbocycles. The Balaban J connectivity index is 0.000000266. The van der Waals surface area contributed by atoms with Crippen molar-refractivity contribution in [1.29, 1.82) is 0 Å². The lowest BCUT2D eigenvalue weighted by Gasteiger charge is -2.09. The number of nitrogens with zero attached hydrogens (tertiary/aromatic N) is 2. The van der Waals surface area contributed by atoms with Crippen LogP contribution in [0, 0.1) is 0 Å². The van der Waals surface area contributed by atoms with E-state index in [0.29, 0.717) is 6.42 Å². The van der Waals surface area contributed by atoms with Crippen molar-refractivity contribution in [3.8, 4) is 33.8 Å². The lowest BCUT2D eigenvalue weighted by atomic mass is 10.0. The molecule has 0 atom stereocenters. The van der Waals surface area contributed by atoms with E-state index in [9.17, 15) is 35.9 Å². The Labute approximate surface area is 346 Å². The van der Waals surface area contributed by atoms with Crippen molar-refractivity contribution in [2.75, 3.05) is 11.3 Å². The normalized spacial score (nSPS) is 10.8. The van der Waals surface area contributed by atoms with Crippen LogP contribution in [0.25, 0.3) is 28.3 Å². The molecule has 6 rings (SSSR count). The number of hydrogen-bond donors (Lipinski definition) is 3. The maximum absolute atomic E-state index is 12.2. The molecule has 0 unspecified atom stereocenters. The Morgan fingerprint density at radius 1 is 0.621 bits per heavy atom. The number of alkyl halides is 6. The molecule has 1 amide bonds. The second kappa shape index (κ2) is 22.3. The minimum Gasteiger partial charge on any atom is -1.00 e. The minimum absolute atomic E-state index is 0. The van der Waals surface area contributed by atoms with Crippen molar-refractivity contribution < 1.29 is 83.8 Å². The van der Waals surface area contributed by atoms with Gasteiger partial charge in [-0.2, -0.15) is 0 Å². The van der Waals surface area contributed by atoms with E-state index in [2.05, 4.69) is 14.9 Å².